The van der Waals surface area contributed by atoms with Crippen molar-refractivity contribution in [2.45, 2.75) is 6.04 Å². The molecule has 7 nitrogen and oxygen atoms in total. The maximum absolute atomic E-state index is 13.8. The van der Waals surface area contributed by atoms with Crippen molar-refractivity contribution in [2.24, 2.45) is 0 Å². The summed E-state index contributed by atoms with van der Waals surface area (Å²) in [6.07, 6.45) is 0. The van der Waals surface area contributed by atoms with Crippen molar-refractivity contribution < 1.29 is 27.9 Å². The molecule has 2 aromatic carbocycles. The van der Waals surface area contributed by atoms with E-state index < -0.39 is 42.1 Å². The van der Waals surface area contributed by atoms with Crippen molar-refractivity contribution in [3.8, 4) is 0 Å². The monoisotopic (exact) mass is 433 g/mol. The molecule has 0 fully saturated rings. The van der Waals surface area contributed by atoms with E-state index in [1.54, 1.807) is 24.3 Å². The second-order valence-corrected chi connectivity index (χ2v) is 7.07. The molecule has 0 spiro atoms. The number of ether oxygens (including phenoxy) is 1. The molecular formula is C20H14ClF2N3O4. The fourth-order valence-corrected chi connectivity index (χ4v) is 3.44. The molecule has 2 aromatic rings. The van der Waals surface area contributed by atoms with Gasteiger partial charge in [0.05, 0.1) is 23.0 Å². The first-order valence-electron chi connectivity index (χ1n) is 8.82. The molecule has 0 radical (unpaired) electrons. The standard InChI is InChI=1S/C20H14ClF2N3O4/c21-11-3-1-10(2-4-11)18-17-15(9-30-19(17)28)26(20(29)25-18)8-16(27)24-14-7-12(22)5-6-13(14)23/h1-7,18H,8-9H2,(H,24,27)(H,25,29). The third-order valence-corrected chi connectivity index (χ3v) is 4.96. The van der Waals surface area contributed by atoms with Gasteiger partial charge < -0.3 is 15.4 Å². The van der Waals surface area contributed by atoms with Crippen LogP contribution in [0.2, 0.25) is 5.02 Å². The molecule has 2 aliphatic heterocycles. The lowest BCUT2D eigenvalue weighted by molar-refractivity contribution is -0.136. The number of hydrogen-bond acceptors (Lipinski definition) is 4. The third-order valence-electron chi connectivity index (χ3n) is 4.71. The predicted octanol–water partition coefficient (Wildman–Crippen LogP) is 3.13. The van der Waals surface area contributed by atoms with E-state index in [0.29, 0.717) is 10.6 Å². The van der Waals surface area contributed by atoms with Crippen molar-refractivity contribution in [1.82, 2.24) is 10.2 Å². The molecule has 0 saturated carbocycles. The summed E-state index contributed by atoms with van der Waals surface area (Å²) in [5, 5.41) is 5.38. The summed E-state index contributed by atoms with van der Waals surface area (Å²) in [6.45, 7) is -0.710. The molecular weight excluding hydrogens is 420 g/mol. The molecule has 0 aliphatic carbocycles. The second kappa shape index (κ2) is 7.75. The van der Waals surface area contributed by atoms with Crippen LogP contribution in [-0.2, 0) is 14.3 Å². The Bertz CT molecular complexity index is 1090. The number of carbonyl (C=O) groups is 3. The first-order valence-corrected chi connectivity index (χ1v) is 9.20. The first kappa shape index (κ1) is 19.8. The number of hydrogen-bond donors (Lipinski definition) is 2. The van der Waals surface area contributed by atoms with Gasteiger partial charge in [-0.15, -0.1) is 0 Å². The number of amides is 3. The second-order valence-electron chi connectivity index (χ2n) is 6.63. The summed E-state index contributed by atoms with van der Waals surface area (Å²) in [6, 6.07) is 7.79. The normalized spacial score (nSPS) is 18.1. The Morgan fingerprint density at radius 1 is 1.20 bits per heavy atom. The zero-order valence-corrected chi connectivity index (χ0v) is 16.0. The van der Waals surface area contributed by atoms with E-state index in [-0.39, 0.29) is 23.6 Å². The maximum Gasteiger partial charge on any atom is 0.338 e. The highest BCUT2D eigenvalue weighted by Gasteiger charge is 2.42. The number of cyclic esters (lactones) is 1. The highest BCUT2D eigenvalue weighted by molar-refractivity contribution is 6.30. The number of anilines is 1. The zero-order valence-electron chi connectivity index (χ0n) is 15.2. The average Bonchev–Trinajstić information content (AvgIpc) is 3.09. The molecule has 2 heterocycles. The summed E-state index contributed by atoms with van der Waals surface area (Å²) in [7, 11) is 0. The highest BCUT2D eigenvalue weighted by atomic mass is 35.5. The number of urea groups is 1. The van der Waals surface area contributed by atoms with Crippen LogP contribution in [0.1, 0.15) is 11.6 Å². The van der Waals surface area contributed by atoms with Crippen LogP contribution in [-0.4, -0.2) is 36.0 Å². The Kier molecular flexibility index (Phi) is 5.13. The molecule has 3 amide bonds. The van der Waals surface area contributed by atoms with Crippen molar-refractivity contribution in [3.63, 3.8) is 0 Å². The summed E-state index contributed by atoms with van der Waals surface area (Å²) in [5.74, 6) is -2.94. The predicted molar refractivity (Wildman–Crippen MR) is 102 cm³/mol. The van der Waals surface area contributed by atoms with E-state index in [2.05, 4.69) is 10.6 Å². The summed E-state index contributed by atoms with van der Waals surface area (Å²) >= 11 is 5.89. The Labute approximate surface area is 174 Å². The van der Waals surface area contributed by atoms with Gasteiger partial charge in [0.1, 0.15) is 24.8 Å². The number of esters is 1. The Morgan fingerprint density at radius 3 is 2.67 bits per heavy atom. The zero-order chi connectivity index (χ0) is 21.4. The van der Waals surface area contributed by atoms with Gasteiger partial charge in [-0.1, -0.05) is 23.7 Å². The van der Waals surface area contributed by atoms with Crippen molar-refractivity contribution in [3.05, 3.63) is 76.0 Å². The molecule has 1 atom stereocenters. The Morgan fingerprint density at radius 2 is 1.93 bits per heavy atom. The molecule has 0 bridgehead atoms. The van der Waals surface area contributed by atoms with Crippen LogP contribution in [0.15, 0.2) is 53.7 Å². The third kappa shape index (κ3) is 3.71. The minimum absolute atomic E-state index is 0.187. The molecule has 10 heteroatoms. The maximum atomic E-state index is 13.8. The number of rotatable bonds is 4. The molecule has 0 saturated heterocycles. The summed E-state index contributed by atoms with van der Waals surface area (Å²) < 4.78 is 32.1. The van der Waals surface area contributed by atoms with E-state index in [1.807, 2.05) is 0 Å². The number of benzene rings is 2. The Hall–Kier alpha value is -3.46. The van der Waals surface area contributed by atoms with Gasteiger partial charge in [-0.25, -0.2) is 18.4 Å². The largest absolute Gasteiger partial charge is 0.456 e. The summed E-state index contributed by atoms with van der Waals surface area (Å²) in [5.41, 5.74) is 0.690. The van der Waals surface area contributed by atoms with Crippen LogP contribution in [0, 0.1) is 11.6 Å². The molecule has 0 aromatic heterocycles. The van der Waals surface area contributed by atoms with Crippen LogP contribution in [0.5, 0.6) is 0 Å². The van der Waals surface area contributed by atoms with Gasteiger partial charge in [0, 0.05) is 11.1 Å². The van der Waals surface area contributed by atoms with Gasteiger partial charge in [-0.3, -0.25) is 9.69 Å². The number of nitrogens with zero attached hydrogens (tertiary/aromatic N) is 1. The van der Waals surface area contributed by atoms with Crippen molar-refractivity contribution in [1.29, 1.82) is 0 Å². The van der Waals surface area contributed by atoms with E-state index >= 15 is 0 Å². The SMILES string of the molecule is O=C(CN1C(=O)NC(c2ccc(Cl)cc2)C2=C1COC2=O)Nc1cc(F)ccc1F. The summed E-state index contributed by atoms with van der Waals surface area (Å²) in [4.78, 5) is 38.4. The molecule has 2 aliphatic rings. The van der Waals surface area contributed by atoms with Gasteiger partial charge in [-0.05, 0) is 29.8 Å². The highest BCUT2D eigenvalue weighted by Crippen LogP contribution is 2.35. The lowest BCUT2D eigenvalue weighted by atomic mass is 9.96. The molecule has 1 unspecified atom stereocenters. The molecule has 2 N–H and O–H groups in total. The van der Waals surface area contributed by atoms with Crippen molar-refractivity contribution >= 4 is 35.2 Å². The fourth-order valence-electron chi connectivity index (χ4n) is 3.31. The number of nitrogens with one attached hydrogen (secondary N) is 2. The van der Waals surface area contributed by atoms with E-state index in [4.69, 9.17) is 16.3 Å². The topological polar surface area (TPSA) is 87.7 Å². The van der Waals surface area contributed by atoms with Crippen LogP contribution in [0.25, 0.3) is 0 Å². The van der Waals surface area contributed by atoms with Crippen molar-refractivity contribution in [2.75, 3.05) is 18.5 Å². The van der Waals surface area contributed by atoms with Crippen LogP contribution >= 0.6 is 11.6 Å². The van der Waals surface area contributed by atoms with Gasteiger partial charge in [0.25, 0.3) is 0 Å². The lowest BCUT2D eigenvalue weighted by Gasteiger charge is -2.32. The smallest absolute Gasteiger partial charge is 0.338 e. The van der Waals surface area contributed by atoms with Gasteiger partial charge in [0.15, 0.2) is 0 Å². The van der Waals surface area contributed by atoms with Gasteiger partial charge in [-0.2, -0.15) is 0 Å². The van der Waals surface area contributed by atoms with E-state index in [0.717, 1.165) is 23.1 Å². The fraction of sp³-hybridized carbons (Fsp3) is 0.150. The first-order chi connectivity index (χ1) is 14.3. The number of carbonyl (C=O) groups excluding carboxylic acids is 3. The molecule has 154 valence electrons. The van der Waals surface area contributed by atoms with Crippen LogP contribution in [0.3, 0.4) is 0 Å². The van der Waals surface area contributed by atoms with E-state index in [9.17, 15) is 23.2 Å². The quantitative estimate of drug-likeness (QED) is 0.725. The van der Waals surface area contributed by atoms with Crippen LogP contribution < -0.4 is 10.6 Å². The minimum Gasteiger partial charge on any atom is -0.456 e. The van der Waals surface area contributed by atoms with E-state index in [1.165, 1.54) is 0 Å². The molecule has 4 rings (SSSR count). The average molecular weight is 434 g/mol. The number of halogens is 3. The van der Waals surface area contributed by atoms with Gasteiger partial charge in [0.2, 0.25) is 5.91 Å². The minimum atomic E-state index is -0.824. The van der Waals surface area contributed by atoms with Gasteiger partial charge >= 0.3 is 12.0 Å². The van der Waals surface area contributed by atoms with Crippen LogP contribution in [0.4, 0.5) is 19.3 Å². The molecule has 30 heavy (non-hydrogen) atoms. The lowest BCUT2D eigenvalue weighted by Crippen LogP contribution is -2.49. The Balaban J connectivity index is 1.59.